The van der Waals surface area contributed by atoms with E-state index in [2.05, 4.69) is 17.4 Å². The van der Waals surface area contributed by atoms with Gasteiger partial charge in [-0.25, -0.2) is 8.78 Å². The molecule has 2 aromatic rings. The molecule has 1 aliphatic carbocycles. The Morgan fingerprint density at radius 3 is 2.71 bits per heavy atom. The first-order chi connectivity index (χ1) is 10.2. The Hall–Kier alpha value is -1.55. The fourth-order valence-electron chi connectivity index (χ4n) is 2.51. The van der Waals surface area contributed by atoms with E-state index in [-0.39, 0.29) is 5.82 Å². The predicted octanol–water partition coefficient (Wildman–Crippen LogP) is 5.18. The van der Waals surface area contributed by atoms with Crippen LogP contribution < -0.4 is 5.32 Å². The smallest absolute Gasteiger partial charge is 0.136 e. The number of rotatable bonds is 5. The quantitative estimate of drug-likeness (QED) is 0.764. The summed E-state index contributed by atoms with van der Waals surface area (Å²) in [6.07, 6.45) is 2.44. The van der Waals surface area contributed by atoms with Crippen molar-refractivity contribution in [1.29, 1.82) is 0 Å². The highest BCUT2D eigenvalue weighted by atomic mass is 32.2. The summed E-state index contributed by atoms with van der Waals surface area (Å²) in [5, 5.41) is 3.20. The summed E-state index contributed by atoms with van der Waals surface area (Å²) in [5.41, 5.74) is 3.62. The first-order valence-electron chi connectivity index (χ1n) is 7.06. The van der Waals surface area contributed by atoms with Crippen LogP contribution in [0.5, 0.6) is 0 Å². The molecule has 3 rings (SSSR count). The molecule has 1 saturated carbocycles. The Balaban J connectivity index is 1.85. The van der Waals surface area contributed by atoms with Crippen LogP contribution in [-0.4, -0.2) is 7.05 Å². The van der Waals surface area contributed by atoms with Crippen molar-refractivity contribution in [2.45, 2.75) is 29.4 Å². The maximum Gasteiger partial charge on any atom is 0.136 e. The zero-order valence-electron chi connectivity index (χ0n) is 11.8. The fourth-order valence-corrected chi connectivity index (χ4v) is 3.54. The minimum atomic E-state index is -0.400. The average molecular weight is 305 g/mol. The zero-order chi connectivity index (χ0) is 14.8. The summed E-state index contributed by atoms with van der Waals surface area (Å²) in [4.78, 5) is 0.364. The molecule has 0 bridgehead atoms. The van der Waals surface area contributed by atoms with Crippen molar-refractivity contribution in [3.63, 3.8) is 0 Å². The van der Waals surface area contributed by atoms with Crippen LogP contribution in [0.2, 0.25) is 0 Å². The predicted molar refractivity (Wildman–Crippen MR) is 83.9 cm³/mol. The van der Waals surface area contributed by atoms with Gasteiger partial charge in [-0.05, 0) is 54.2 Å². The van der Waals surface area contributed by atoms with E-state index < -0.39 is 5.82 Å². The van der Waals surface area contributed by atoms with E-state index in [9.17, 15) is 8.78 Å². The van der Waals surface area contributed by atoms with Gasteiger partial charge < -0.3 is 5.32 Å². The molecule has 0 atom stereocenters. The van der Waals surface area contributed by atoms with E-state index in [1.807, 2.05) is 13.1 Å². The lowest BCUT2D eigenvalue weighted by atomic mass is 10.0. The monoisotopic (exact) mass is 305 g/mol. The fraction of sp³-hybridized carbons (Fsp3) is 0.294. The Morgan fingerprint density at radius 1 is 1.19 bits per heavy atom. The lowest BCUT2D eigenvalue weighted by Gasteiger charge is -2.14. The first-order valence-corrected chi connectivity index (χ1v) is 8.05. The van der Waals surface area contributed by atoms with E-state index in [0.29, 0.717) is 16.6 Å². The Labute approximate surface area is 127 Å². The van der Waals surface area contributed by atoms with Crippen LogP contribution in [0.3, 0.4) is 0 Å². The van der Waals surface area contributed by atoms with Crippen LogP contribution in [0.15, 0.2) is 41.3 Å². The number of anilines is 1. The lowest BCUT2D eigenvalue weighted by molar-refractivity contribution is 0.577. The highest BCUT2D eigenvalue weighted by Gasteiger charge is 2.26. The maximum absolute atomic E-state index is 13.7. The van der Waals surface area contributed by atoms with Crippen molar-refractivity contribution in [1.82, 2.24) is 0 Å². The number of halogens is 2. The van der Waals surface area contributed by atoms with Gasteiger partial charge in [0.1, 0.15) is 11.6 Å². The SMILES string of the molecule is CNc1cccc(C2CC2)c1CSc1cc(F)ccc1F. The Bertz CT molecular complexity index is 653. The van der Waals surface area contributed by atoms with Gasteiger partial charge in [0.2, 0.25) is 0 Å². The molecule has 0 aromatic heterocycles. The Morgan fingerprint density at radius 2 is 2.00 bits per heavy atom. The van der Waals surface area contributed by atoms with Crippen LogP contribution in [0.1, 0.15) is 29.9 Å². The van der Waals surface area contributed by atoms with Gasteiger partial charge in [-0.15, -0.1) is 11.8 Å². The highest BCUT2D eigenvalue weighted by molar-refractivity contribution is 7.98. The average Bonchev–Trinajstić information content (AvgIpc) is 3.32. The van der Waals surface area contributed by atoms with E-state index >= 15 is 0 Å². The third-order valence-corrected chi connectivity index (χ3v) is 4.82. The van der Waals surface area contributed by atoms with Crippen LogP contribution in [-0.2, 0) is 5.75 Å². The third kappa shape index (κ3) is 3.21. The third-order valence-electron chi connectivity index (χ3n) is 3.76. The number of hydrogen-bond donors (Lipinski definition) is 1. The summed E-state index contributed by atoms with van der Waals surface area (Å²) in [7, 11) is 1.89. The number of thioether (sulfide) groups is 1. The molecule has 1 N–H and O–H groups in total. The molecule has 1 aliphatic rings. The van der Waals surface area contributed by atoms with Crippen LogP contribution in [0.4, 0.5) is 14.5 Å². The second-order valence-corrected chi connectivity index (χ2v) is 6.28. The molecule has 4 heteroatoms. The number of nitrogens with one attached hydrogen (secondary N) is 1. The molecule has 0 saturated heterocycles. The maximum atomic E-state index is 13.7. The van der Waals surface area contributed by atoms with Crippen molar-refractivity contribution < 1.29 is 8.78 Å². The van der Waals surface area contributed by atoms with Gasteiger partial charge in [-0.2, -0.15) is 0 Å². The molecule has 0 spiro atoms. The standard InChI is InChI=1S/C17H17F2NS/c1-20-16-4-2-3-13(11-5-6-11)14(16)10-21-17-9-12(18)7-8-15(17)19/h2-4,7-9,11,20H,5-6,10H2,1H3. The molecule has 0 amide bonds. The first kappa shape index (κ1) is 14.4. The van der Waals surface area contributed by atoms with Gasteiger partial charge in [0.05, 0.1) is 0 Å². The van der Waals surface area contributed by atoms with Crippen LogP contribution in [0.25, 0.3) is 0 Å². The van der Waals surface area contributed by atoms with Crippen LogP contribution >= 0.6 is 11.8 Å². The molecule has 21 heavy (non-hydrogen) atoms. The molecule has 1 fully saturated rings. The summed E-state index contributed by atoms with van der Waals surface area (Å²) < 4.78 is 27.0. The second-order valence-electron chi connectivity index (χ2n) is 5.26. The lowest BCUT2D eigenvalue weighted by Crippen LogP contribution is -1.99. The molecule has 0 unspecified atom stereocenters. The largest absolute Gasteiger partial charge is 0.388 e. The van der Waals surface area contributed by atoms with E-state index in [1.165, 1.54) is 47.9 Å². The van der Waals surface area contributed by atoms with Crippen molar-refractivity contribution >= 4 is 17.4 Å². The van der Waals surface area contributed by atoms with Gasteiger partial charge in [0, 0.05) is 23.4 Å². The molecule has 1 nitrogen and oxygen atoms in total. The molecule has 0 heterocycles. The second kappa shape index (κ2) is 6.06. The van der Waals surface area contributed by atoms with Crippen molar-refractivity contribution in [2.75, 3.05) is 12.4 Å². The number of hydrogen-bond acceptors (Lipinski definition) is 2. The summed E-state index contributed by atoms with van der Waals surface area (Å²) in [6.45, 7) is 0. The van der Waals surface area contributed by atoms with Crippen LogP contribution in [0, 0.1) is 11.6 Å². The van der Waals surface area contributed by atoms with Gasteiger partial charge in [0.25, 0.3) is 0 Å². The van der Waals surface area contributed by atoms with E-state index in [4.69, 9.17) is 0 Å². The minimum Gasteiger partial charge on any atom is -0.388 e. The Kier molecular flexibility index (Phi) is 4.15. The minimum absolute atomic E-state index is 0.364. The summed E-state index contributed by atoms with van der Waals surface area (Å²) in [6, 6.07) is 9.83. The van der Waals surface area contributed by atoms with E-state index in [0.717, 1.165) is 11.8 Å². The van der Waals surface area contributed by atoms with Gasteiger partial charge >= 0.3 is 0 Å². The molecule has 2 aromatic carbocycles. The van der Waals surface area contributed by atoms with Crippen molar-refractivity contribution in [3.05, 3.63) is 59.2 Å². The highest BCUT2D eigenvalue weighted by Crippen LogP contribution is 2.44. The molecule has 110 valence electrons. The van der Waals surface area contributed by atoms with E-state index in [1.54, 1.807) is 0 Å². The number of benzene rings is 2. The normalized spacial score (nSPS) is 14.2. The van der Waals surface area contributed by atoms with Crippen molar-refractivity contribution in [3.8, 4) is 0 Å². The molecular formula is C17H17F2NS. The molecule has 0 aliphatic heterocycles. The van der Waals surface area contributed by atoms with Gasteiger partial charge in [-0.3, -0.25) is 0 Å². The zero-order valence-corrected chi connectivity index (χ0v) is 12.6. The van der Waals surface area contributed by atoms with Gasteiger partial charge in [-0.1, -0.05) is 12.1 Å². The summed E-state index contributed by atoms with van der Waals surface area (Å²) >= 11 is 1.35. The van der Waals surface area contributed by atoms with Gasteiger partial charge in [0.15, 0.2) is 0 Å². The molecule has 0 radical (unpaired) electrons. The van der Waals surface area contributed by atoms with Crippen molar-refractivity contribution in [2.24, 2.45) is 0 Å². The molecular weight excluding hydrogens is 288 g/mol. The topological polar surface area (TPSA) is 12.0 Å². The summed E-state index contributed by atoms with van der Waals surface area (Å²) in [5.74, 6) is 0.509.